The van der Waals surface area contributed by atoms with E-state index in [1.165, 1.54) is 0 Å². The fourth-order valence-electron chi connectivity index (χ4n) is 0.611. The van der Waals surface area contributed by atoms with E-state index >= 15 is 0 Å². The average molecular weight is 284 g/mol. The highest BCUT2D eigenvalue weighted by molar-refractivity contribution is 5.99. The van der Waals surface area contributed by atoms with Gasteiger partial charge in [-0.15, -0.1) is 0 Å². The molecule has 0 aliphatic carbocycles. The maximum absolute atomic E-state index is 10.9. The van der Waals surface area contributed by atoms with Crippen LogP contribution in [0, 0.1) is 10.8 Å². The Bertz CT molecular complexity index is 366. The molecule has 0 aromatic rings. The normalized spacial score (nSPS) is 6.25. The predicted octanol–water partition coefficient (Wildman–Crippen LogP) is 2.38. The van der Waals surface area contributed by atoms with Crippen molar-refractivity contribution in [3.8, 4) is 0 Å². The molecule has 0 saturated heterocycles. The van der Waals surface area contributed by atoms with Crippen molar-refractivity contribution >= 4 is 23.9 Å². The summed E-state index contributed by atoms with van der Waals surface area (Å²) in [6.07, 6.45) is 4.76. The van der Waals surface area contributed by atoms with Crippen molar-refractivity contribution in [2.75, 3.05) is 0 Å². The molecule has 0 atom stereocenters. The quantitative estimate of drug-likeness (QED) is 0.406. The van der Waals surface area contributed by atoms with Crippen molar-refractivity contribution in [1.29, 1.82) is 10.8 Å². The lowest BCUT2D eigenvalue weighted by molar-refractivity contribution is -0.134. The van der Waals surface area contributed by atoms with Crippen molar-refractivity contribution < 1.29 is 24.3 Å². The Balaban J connectivity index is -0.000000106. The Labute approximate surface area is 118 Å². The second kappa shape index (κ2) is 21.6. The fourth-order valence-corrected chi connectivity index (χ4v) is 0.611. The second-order valence-electron chi connectivity index (χ2n) is 3.57. The molecular formula is C13H20N2O5. The van der Waals surface area contributed by atoms with Gasteiger partial charge in [0.05, 0.1) is 0 Å². The monoisotopic (exact) mass is 284 g/mol. The van der Waals surface area contributed by atoms with Crippen molar-refractivity contribution in [2.45, 2.75) is 34.6 Å². The number of ketones is 1. The van der Waals surface area contributed by atoms with Gasteiger partial charge in [0.2, 0.25) is 12.2 Å². The summed E-state index contributed by atoms with van der Waals surface area (Å²) < 4.78 is 0. The summed E-state index contributed by atoms with van der Waals surface area (Å²) in [5.74, 6) is -0.750. The lowest BCUT2D eigenvalue weighted by atomic mass is 10.2. The maximum Gasteiger partial charge on any atom is 0.300 e. The van der Waals surface area contributed by atoms with Gasteiger partial charge in [-0.2, -0.15) is 0 Å². The summed E-state index contributed by atoms with van der Waals surface area (Å²) in [6.45, 7) is 8.74. The number of rotatable bonds is 2. The first kappa shape index (κ1) is 26.0. The maximum atomic E-state index is 10.9. The van der Waals surface area contributed by atoms with Crippen LogP contribution in [0.3, 0.4) is 0 Å². The molecular weight excluding hydrogens is 264 g/mol. The van der Waals surface area contributed by atoms with Crippen LogP contribution in [-0.2, 0) is 19.2 Å². The first-order valence-electron chi connectivity index (χ1n) is 5.19. The molecule has 7 nitrogen and oxygen atoms in total. The molecule has 7 heteroatoms. The zero-order valence-corrected chi connectivity index (χ0v) is 12.2. The highest BCUT2D eigenvalue weighted by Crippen LogP contribution is 1.94. The Hall–Kier alpha value is -2.62. The number of carbonyl (C=O) groups excluding carboxylic acids is 3. The summed E-state index contributed by atoms with van der Waals surface area (Å²) in [7, 11) is 0. The topological polar surface area (TPSA) is 136 Å². The third-order valence-electron chi connectivity index (χ3n) is 0.862. The molecule has 0 rings (SSSR count). The van der Waals surface area contributed by atoms with Crippen LogP contribution in [0.4, 0.5) is 0 Å². The van der Waals surface area contributed by atoms with E-state index in [0.29, 0.717) is 0 Å². The standard InChI is InChI=1S/C9H14O.C2H4O2.2CHNO/c1-7(2)5-9(10)6-8(3)4;1-2(3)4;2*2-1-3/h5-6H,1-4H3;1H3,(H,3,4);2*2H. The first-order chi connectivity index (χ1) is 9.08. The van der Waals surface area contributed by atoms with Gasteiger partial charge in [-0.05, 0) is 39.8 Å². The highest BCUT2D eigenvalue weighted by atomic mass is 16.4. The van der Waals surface area contributed by atoms with E-state index in [2.05, 4.69) is 0 Å². The summed E-state index contributed by atoms with van der Waals surface area (Å²) in [5, 5.41) is 18.2. The molecule has 0 amide bonds. The molecule has 0 unspecified atom stereocenters. The lowest BCUT2D eigenvalue weighted by Crippen LogP contribution is -1.87. The van der Waals surface area contributed by atoms with Crippen molar-refractivity contribution in [2.24, 2.45) is 0 Å². The van der Waals surface area contributed by atoms with Crippen LogP contribution in [0.25, 0.3) is 0 Å². The van der Waals surface area contributed by atoms with Crippen LogP contribution in [0.1, 0.15) is 34.6 Å². The lowest BCUT2D eigenvalue weighted by Gasteiger charge is -1.87. The first-order valence-corrected chi connectivity index (χ1v) is 5.19. The predicted molar refractivity (Wildman–Crippen MR) is 74.0 cm³/mol. The molecule has 0 spiro atoms. The van der Waals surface area contributed by atoms with Gasteiger partial charge in [0.25, 0.3) is 5.97 Å². The number of allylic oxidation sites excluding steroid dienone is 4. The summed E-state index contributed by atoms with van der Waals surface area (Å²) >= 11 is 0. The number of nitrogens with one attached hydrogen (secondary N) is 2. The van der Waals surface area contributed by atoms with Gasteiger partial charge in [-0.1, -0.05) is 11.1 Å². The van der Waals surface area contributed by atoms with E-state index in [-0.39, 0.29) is 5.78 Å². The zero-order valence-electron chi connectivity index (χ0n) is 12.2. The van der Waals surface area contributed by atoms with E-state index in [0.717, 1.165) is 30.2 Å². The Morgan fingerprint density at radius 3 is 1.10 bits per heavy atom. The number of hydrogen-bond acceptors (Lipinski definition) is 6. The summed E-state index contributed by atoms with van der Waals surface area (Å²) in [4.78, 5) is 36.6. The third-order valence-corrected chi connectivity index (χ3v) is 0.862. The number of carbonyl (C=O) groups is 2. The largest absolute Gasteiger partial charge is 0.481 e. The number of isocyanates is 2. The van der Waals surface area contributed by atoms with Gasteiger partial charge in [-0.3, -0.25) is 9.59 Å². The third kappa shape index (κ3) is 110. The average Bonchev–Trinajstić information content (AvgIpc) is 2.15. The van der Waals surface area contributed by atoms with Gasteiger partial charge in [-0.25, -0.2) is 20.4 Å². The zero-order chi connectivity index (χ0) is 17.1. The van der Waals surface area contributed by atoms with Gasteiger partial charge >= 0.3 is 0 Å². The van der Waals surface area contributed by atoms with E-state index in [9.17, 15) is 4.79 Å². The molecule has 0 heterocycles. The van der Waals surface area contributed by atoms with Crippen molar-refractivity contribution in [1.82, 2.24) is 0 Å². The minimum absolute atomic E-state index is 0.0833. The molecule has 0 saturated carbocycles. The van der Waals surface area contributed by atoms with Crippen LogP contribution < -0.4 is 0 Å². The molecule has 3 N–H and O–H groups in total. The molecule has 0 aliphatic rings. The summed E-state index contributed by atoms with van der Waals surface area (Å²) in [5.41, 5.74) is 2.09. The second-order valence-corrected chi connectivity index (χ2v) is 3.57. The summed E-state index contributed by atoms with van der Waals surface area (Å²) in [6, 6.07) is 0. The SMILES string of the molecule is CC(=O)O.CC(C)=CC(=O)C=C(C)C.N=C=O.N=C=O. The Kier molecular flexibility index (Phi) is 28.2. The van der Waals surface area contributed by atoms with E-state index in [1.54, 1.807) is 12.2 Å². The highest BCUT2D eigenvalue weighted by Gasteiger charge is 1.89. The fraction of sp³-hybridized carbons (Fsp3) is 0.385. The Morgan fingerprint density at radius 2 is 1.00 bits per heavy atom. The van der Waals surface area contributed by atoms with Gasteiger partial charge in [0, 0.05) is 6.92 Å². The van der Waals surface area contributed by atoms with Crippen molar-refractivity contribution in [3.05, 3.63) is 23.3 Å². The molecule has 0 radical (unpaired) electrons. The van der Waals surface area contributed by atoms with Crippen LogP contribution >= 0.6 is 0 Å². The molecule has 112 valence electrons. The minimum atomic E-state index is -0.833. The van der Waals surface area contributed by atoms with Gasteiger partial charge in [0.1, 0.15) is 0 Å². The number of carboxylic acid groups (broad SMARTS) is 1. The van der Waals surface area contributed by atoms with E-state index in [4.69, 9.17) is 30.3 Å². The van der Waals surface area contributed by atoms with E-state index < -0.39 is 5.97 Å². The van der Waals surface area contributed by atoms with Gasteiger partial charge < -0.3 is 5.11 Å². The van der Waals surface area contributed by atoms with E-state index in [1.807, 2.05) is 27.7 Å². The van der Waals surface area contributed by atoms with Gasteiger partial charge in [0.15, 0.2) is 5.78 Å². The molecule has 0 fully saturated rings. The number of carboxylic acids is 1. The molecule has 20 heavy (non-hydrogen) atoms. The minimum Gasteiger partial charge on any atom is -0.481 e. The van der Waals surface area contributed by atoms with Crippen LogP contribution in [0.5, 0.6) is 0 Å². The van der Waals surface area contributed by atoms with Crippen LogP contribution in [0.2, 0.25) is 0 Å². The van der Waals surface area contributed by atoms with Crippen LogP contribution in [-0.4, -0.2) is 29.0 Å². The molecule has 0 bridgehead atoms. The smallest absolute Gasteiger partial charge is 0.300 e. The number of aliphatic carboxylic acids is 1. The molecule has 0 aromatic heterocycles. The molecule has 0 aromatic carbocycles. The van der Waals surface area contributed by atoms with Crippen molar-refractivity contribution in [3.63, 3.8) is 0 Å². The molecule has 0 aliphatic heterocycles. The number of hydrogen-bond donors (Lipinski definition) is 3. The van der Waals surface area contributed by atoms with Crippen LogP contribution in [0.15, 0.2) is 23.3 Å². The Morgan fingerprint density at radius 1 is 0.850 bits per heavy atom.